The lowest BCUT2D eigenvalue weighted by atomic mass is 9.94. The summed E-state index contributed by atoms with van der Waals surface area (Å²) in [6, 6.07) is 12.8. The molecule has 0 aliphatic rings. The van der Waals surface area contributed by atoms with Crippen LogP contribution in [0.2, 0.25) is 0 Å². The number of carboxylic acids is 1. The molecular weight excluding hydrogens is 324 g/mol. The van der Waals surface area contributed by atoms with E-state index in [1.807, 2.05) is 31.2 Å². The molecule has 0 spiro atoms. The Balaban J connectivity index is 2.12. The summed E-state index contributed by atoms with van der Waals surface area (Å²) in [7, 11) is 0. The number of hydrogen-bond acceptors (Lipinski definition) is 5. The molecule has 7 heteroatoms. The van der Waals surface area contributed by atoms with Gasteiger partial charge in [-0.3, -0.25) is 14.9 Å². The van der Waals surface area contributed by atoms with Gasteiger partial charge in [0, 0.05) is 29.7 Å². The van der Waals surface area contributed by atoms with E-state index in [9.17, 15) is 24.8 Å². The molecule has 7 nitrogen and oxygen atoms in total. The van der Waals surface area contributed by atoms with E-state index in [4.69, 9.17) is 0 Å². The number of anilines is 1. The number of carbonyl (C=O) groups is 2. The summed E-state index contributed by atoms with van der Waals surface area (Å²) in [4.78, 5) is 33.5. The van der Waals surface area contributed by atoms with Crippen molar-refractivity contribution in [3.05, 3.63) is 69.8 Å². The highest BCUT2D eigenvalue weighted by Crippen LogP contribution is 2.19. The highest BCUT2D eigenvalue weighted by Gasteiger charge is 2.20. The van der Waals surface area contributed by atoms with Gasteiger partial charge in [-0.1, -0.05) is 29.8 Å². The van der Waals surface area contributed by atoms with Crippen LogP contribution in [-0.4, -0.2) is 16.8 Å². The van der Waals surface area contributed by atoms with Gasteiger partial charge in [-0.2, -0.15) is 0 Å². The molecule has 0 saturated heterocycles. The molecule has 1 amide bonds. The Kier molecular flexibility index (Phi) is 5.84. The van der Waals surface area contributed by atoms with Gasteiger partial charge in [-0.25, -0.2) is 0 Å². The zero-order chi connectivity index (χ0) is 18.4. The first-order valence-electron chi connectivity index (χ1n) is 7.66. The van der Waals surface area contributed by atoms with Crippen LogP contribution in [0.4, 0.5) is 11.4 Å². The molecule has 130 valence electrons. The maximum absolute atomic E-state index is 12.4. The summed E-state index contributed by atoms with van der Waals surface area (Å²) in [5, 5.41) is 24.2. The molecule has 0 unspecified atom stereocenters. The smallest absolute Gasteiger partial charge is 0.269 e. The van der Waals surface area contributed by atoms with Gasteiger partial charge in [-0.15, -0.1) is 0 Å². The molecule has 0 aromatic heterocycles. The van der Waals surface area contributed by atoms with Crippen LogP contribution in [0.1, 0.15) is 17.5 Å². The zero-order valence-corrected chi connectivity index (χ0v) is 13.6. The Labute approximate surface area is 144 Å². The number of nitrogens with zero attached hydrogens (tertiary/aromatic N) is 1. The van der Waals surface area contributed by atoms with Crippen LogP contribution in [0, 0.1) is 23.0 Å². The van der Waals surface area contributed by atoms with Gasteiger partial charge < -0.3 is 15.2 Å². The number of benzene rings is 2. The number of rotatable bonds is 7. The number of aryl methyl sites for hydroxylation is 1. The van der Waals surface area contributed by atoms with Crippen molar-refractivity contribution in [1.29, 1.82) is 0 Å². The third kappa shape index (κ3) is 5.42. The second-order valence-electron chi connectivity index (χ2n) is 5.76. The summed E-state index contributed by atoms with van der Waals surface area (Å²) in [5.74, 6) is -2.59. The second-order valence-corrected chi connectivity index (χ2v) is 5.76. The summed E-state index contributed by atoms with van der Waals surface area (Å²) in [6.45, 7) is 1.91. The Hall–Kier alpha value is -3.22. The van der Waals surface area contributed by atoms with Gasteiger partial charge in [0.15, 0.2) is 0 Å². The van der Waals surface area contributed by atoms with Gasteiger partial charge in [0.05, 0.1) is 4.92 Å². The van der Waals surface area contributed by atoms with E-state index < -0.39 is 29.1 Å². The Morgan fingerprint density at radius 1 is 1.16 bits per heavy atom. The number of carboxylic acid groups (broad SMARTS) is 1. The fourth-order valence-corrected chi connectivity index (χ4v) is 2.49. The van der Waals surface area contributed by atoms with Gasteiger partial charge in [-0.05, 0) is 37.5 Å². The number of nitro groups is 1. The van der Waals surface area contributed by atoms with Crippen molar-refractivity contribution in [2.24, 2.45) is 5.92 Å². The minimum Gasteiger partial charge on any atom is -0.550 e. The number of nitro benzene ring substituents is 1. The fraction of sp³-hybridized carbons (Fsp3) is 0.222. The van der Waals surface area contributed by atoms with Crippen LogP contribution in [0.15, 0.2) is 48.5 Å². The Morgan fingerprint density at radius 2 is 1.84 bits per heavy atom. The summed E-state index contributed by atoms with van der Waals surface area (Å²) in [6.07, 6.45) is -0.152. The van der Waals surface area contributed by atoms with Crippen LogP contribution in [0.5, 0.6) is 0 Å². The molecule has 0 radical (unpaired) electrons. The standard InChI is InChI=1S/C18H18N2O5/c1-12-3-2-4-13(9-12)10-14(11-17(21)22)18(23)19-15-5-7-16(8-6-15)20(24)25/h2-9,14H,10-11H2,1H3,(H,19,23)(H,21,22)/p-1/t14-/m1/s1. The predicted molar refractivity (Wildman–Crippen MR) is 89.7 cm³/mol. The van der Waals surface area contributed by atoms with E-state index in [2.05, 4.69) is 5.32 Å². The van der Waals surface area contributed by atoms with Crippen LogP contribution in [0.25, 0.3) is 0 Å². The molecule has 0 fully saturated rings. The van der Waals surface area contributed by atoms with Crippen molar-refractivity contribution in [2.45, 2.75) is 19.8 Å². The lowest BCUT2D eigenvalue weighted by Crippen LogP contribution is -2.32. The van der Waals surface area contributed by atoms with Gasteiger partial charge >= 0.3 is 0 Å². The number of nitrogens with one attached hydrogen (secondary N) is 1. The zero-order valence-electron chi connectivity index (χ0n) is 13.6. The quantitative estimate of drug-likeness (QED) is 0.610. The molecule has 25 heavy (non-hydrogen) atoms. The maximum atomic E-state index is 12.4. The lowest BCUT2D eigenvalue weighted by Gasteiger charge is -2.18. The van der Waals surface area contributed by atoms with E-state index in [0.29, 0.717) is 5.69 Å². The topological polar surface area (TPSA) is 112 Å². The molecule has 0 bridgehead atoms. The first kappa shape index (κ1) is 18.1. The average Bonchev–Trinajstić information content (AvgIpc) is 2.54. The third-order valence-corrected chi connectivity index (χ3v) is 3.69. The highest BCUT2D eigenvalue weighted by molar-refractivity contribution is 5.94. The Morgan fingerprint density at radius 3 is 2.40 bits per heavy atom. The summed E-state index contributed by atoms with van der Waals surface area (Å²) in [5.41, 5.74) is 2.14. The molecule has 0 heterocycles. The number of hydrogen-bond donors (Lipinski definition) is 1. The van der Waals surface area contributed by atoms with Gasteiger partial charge in [0.25, 0.3) is 5.69 Å². The molecule has 1 N–H and O–H groups in total. The minimum atomic E-state index is -1.31. The maximum Gasteiger partial charge on any atom is 0.269 e. The minimum absolute atomic E-state index is 0.0935. The van der Waals surface area contributed by atoms with Crippen LogP contribution in [0.3, 0.4) is 0 Å². The molecule has 2 aromatic rings. The van der Waals surface area contributed by atoms with Crippen LogP contribution in [-0.2, 0) is 16.0 Å². The van der Waals surface area contributed by atoms with E-state index in [1.165, 1.54) is 24.3 Å². The van der Waals surface area contributed by atoms with E-state index in [-0.39, 0.29) is 12.1 Å². The van der Waals surface area contributed by atoms with Crippen molar-refractivity contribution in [1.82, 2.24) is 0 Å². The van der Waals surface area contributed by atoms with Crippen molar-refractivity contribution < 1.29 is 19.6 Å². The molecular formula is C18H17N2O5-. The van der Waals surface area contributed by atoms with E-state index >= 15 is 0 Å². The van der Waals surface area contributed by atoms with Crippen molar-refractivity contribution >= 4 is 23.3 Å². The number of non-ortho nitro benzene ring substituents is 1. The normalized spacial score (nSPS) is 11.6. The van der Waals surface area contributed by atoms with Gasteiger partial charge in [0.1, 0.15) is 0 Å². The first-order valence-corrected chi connectivity index (χ1v) is 7.66. The molecule has 1 atom stereocenters. The monoisotopic (exact) mass is 341 g/mol. The lowest BCUT2D eigenvalue weighted by molar-refractivity contribution is -0.384. The Bertz CT molecular complexity index is 786. The average molecular weight is 341 g/mol. The molecule has 2 rings (SSSR count). The molecule has 0 saturated carbocycles. The number of aliphatic carboxylic acids is 1. The van der Waals surface area contributed by atoms with E-state index in [1.54, 1.807) is 0 Å². The largest absolute Gasteiger partial charge is 0.550 e. The van der Waals surface area contributed by atoms with Crippen molar-refractivity contribution in [3.8, 4) is 0 Å². The summed E-state index contributed by atoms with van der Waals surface area (Å²) >= 11 is 0. The first-order chi connectivity index (χ1) is 11.8. The molecule has 2 aromatic carbocycles. The van der Waals surface area contributed by atoms with Gasteiger partial charge in [0.2, 0.25) is 5.91 Å². The predicted octanol–water partition coefficient (Wildman–Crippen LogP) is 1.84. The van der Waals surface area contributed by atoms with Crippen molar-refractivity contribution in [3.63, 3.8) is 0 Å². The number of carbonyl (C=O) groups excluding carboxylic acids is 2. The van der Waals surface area contributed by atoms with E-state index in [0.717, 1.165) is 11.1 Å². The summed E-state index contributed by atoms with van der Waals surface area (Å²) < 4.78 is 0. The highest BCUT2D eigenvalue weighted by atomic mass is 16.6. The third-order valence-electron chi connectivity index (χ3n) is 3.69. The SMILES string of the molecule is Cc1cccc(C[C@H](CC(=O)[O-])C(=O)Nc2ccc([N+](=O)[O-])cc2)c1. The van der Waals surface area contributed by atoms with Crippen LogP contribution < -0.4 is 10.4 Å². The van der Waals surface area contributed by atoms with Crippen molar-refractivity contribution in [2.75, 3.05) is 5.32 Å². The second kappa shape index (κ2) is 8.05. The molecule has 0 aliphatic heterocycles. The molecule has 0 aliphatic carbocycles. The number of amides is 1. The van der Waals surface area contributed by atoms with Crippen LogP contribution >= 0.6 is 0 Å². The fourth-order valence-electron chi connectivity index (χ4n) is 2.49.